The number of methoxy groups -OCH3 is 2. The summed E-state index contributed by atoms with van der Waals surface area (Å²) in [6, 6.07) is 12.2. The summed E-state index contributed by atoms with van der Waals surface area (Å²) in [5.41, 5.74) is 4.45. The molecule has 0 unspecified atom stereocenters. The minimum Gasteiger partial charge on any atom is -0.493 e. The van der Waals surface area contributed by atoms with Crippen molar-refractivity contribution in [2.75, 3.05) is 26.3 Å². The van der Waals surface area contributed by atoms with Gasteiger partial charge in [0.2, 0.25) is 5.13 Å². The lowest BCUT2D eigenvalue weighted by Crippen LogP contribution is -2.13. The molecule has 3 aromatic rings. The van der Waals surface area contributed by atoms with Gasteiger partial charge >= 0.3 is 5.97 Å². The minimum atomic E-state index is -0.627. The number of benzene rings is 2. The fraction of sp³-hybridized carbons (Fsp3) is 0.150. The van der Waals surface area contributed by atoms with Crippen molar-refractivity contribution in [2.45, 2.75) is 0 Å². The zero-order valence-corrected chi connectivity index (χ0v) is 17.4. The number of thiazole rings is 1. The number of ether oxygens (including phenoxy) is 3. The van der Waals surface area contributed by atoms with Crippen molar-refractivity contribution >= 4 is 34.3 Å². The molecule has 3 rings (SSSR count). The summed E-state index contributed by atoms with van der Waals surface area (Å²) in [6.45, 7) is -0.410. The maximum absolute atomic E-state index is 11.5. The Bertz CT molecular complexity index is 1100. The van der Waals surface area contributed by atoms with Crippen molar-refractivity contribution in [2.24, 2.45) is 5.10 Å². The van der Waals surface area contributed by atoms with Gasteiger partial charge in [-0.15, -0.1) is 11.3 Å². The number of hydrazone groups is 1. The summed E-state index contributed by atoms with van der Waals surface area (Å²) in [7, 11) is 2.59. The summed E-state index contributed by atoms with van der Waals surface area (Å²) in [4.78, 5) is 26.6. The number of rotatable bonds is 9. The monoisotopic (exact) mass is 442 g/mol. The minimum absolute atomic E-state index is 0.0390. The van der Waals surface area contributed by atoms with Crippen LogP contribution in [0.5, 0.6) is 11.5 Å². The SMILES string of the molecule is COC(=O)COc1cc([N+](=O)[O-])c(C=NNc2nc(-c3ccccc3)cs2)cc1OC. The molecule has 0 aliphatic rings. The molecule has 1 N–H and O–H groups in total. The van der Waals surface area contributed by atoms with E-state index in [-0.39, 0.29) is 22.7 Å². The van der Waals surface area contributed by atoms with E-state index in [9.17, 15) is 14.9 Å². The summed E-state index contributed by atoms with van der Waals surface area (Å²) in [5.74, 6) is -0.383. The van der Waals surface area contributed by atoms with E-state index in [4.69, 9.17) is 9.47 Å². The first-order chi connectivity index (χ1) is 15.0. The highest BCUT2D eigenvalue weighted by molar-refractivity contribution is 7.14. The predicted molar refractivity (Wildman–Crippen MR) is 116 cm³/mol. The van der Waals surface area contributed by atoms with Gasteiger partial charge in [0, 0.05) is 10.9 Å². The number of hydrogen-bond acceptors (Lipinski definition) is 10. The van der Waals surface area contributed by atoms with E-state index in [1.54, 1.807) is 0 Å². The van der Waals surface area contributed by atoms with Crippen LogP contribution in [0.25, 0.3) is 11.3 Å². The first kappa shape index (κ1) is 21.7. The van der Waals surface area contributed by atoms with E-state index in [1.807, 2.05) is 35.7 Å². The molecule has 31 heavy (non-hydrogen) atoms. The number of nitrogens with zero attached hydrogens (tertiary/aromatic N) is 3. The zero-order valence-electron chi connectivity index (χ0n) is 16.6. The number of esters is 1. The topological polar surface area (TPSA) is 125 Å². The molecule has 1 heterocycles. The molecule has 11 heteroatoms. The number of anilines is 1. The van der Waals surface area contributed by atoms with Crippen molar-refractivity contribution in [3.63, 3.8) is 0 Å². The molecule has 0 aliphatic carbocycles. The van der Waals surface area contributed by atoms with E-state index in [2.05, 4.69) is 20.2 Å². The van der Waals surface area contributed by atoms with Crippen LogP contribution in [0.15, 0.2) is 52.9 Å². The number of nitro groups is 1. The Labute approximate surface area is 181 Å². The maximum atomic E-state index is 11.5. The van der Waals surface area contributed by atoms with Gasteiger partial charge < -0.3 is 14.2 Å². The van der Waals surface area contributed by atoms with Gasteiger partial charge in [-0.1, -0.05) is 30.3 Å². The highest BCUT2D eigenvalue weighted by atomic mass is 32.1. The van der Waals surface area contributed by atoms with Crippen LogP contribution in [0.2, 0.25) is 0 Å². The number of aromatic nitrogens is 1. The molecule has 0 spiro atoms. The smallest absolute Gasteiger partial charge is 0.343 e. The summed E-state index contributed by atoms with van der Waals surface area (Å²) in [5, 5.41) is 18.0. The number of hydrogen-bond donors (Lipinski definition) is 1. The molecule has 0 amide bonds. The van der Waals surface area contributed by atoms with Crippen molar-refractivity contribution in [3.8, 4) is 22.8 Å². The number of nitro benzene ring substituents is 1. The molecule has 0 fully saturated rings. The van der Waals surface area contributed by atoms with Crippen molar-refractivity contribution in [3.05, 3.63) is 63.5 Å². The normalized spacial score (nSPS) is 10.6. The number of nitrogens with one attached hydrogen (secondary N) is 1. The van der Waals surface area contributed by atoms with Crippen LogP contribution in [0, 0.1) is 10.1 Å². The molecule has 0 atom stereocenters. The van der Waals surface area contributed by atoms with E-state index >= 15 is 0 Å². The lowest BCUT2D eigenvalue weighted by molar-refractivity contribution is -0.385. The lowest BCUT2D eigenvalue weighted by Gasteiger charge is -2.10. The molecule has 0 saturated carbocycles. The average Bonchev–Trinajstić information content (AvgIpc) is 3.26. The van der Waals surface area contributed by atoms with E-state index in [0.29, 0.717) is 5.13 Å². The van der Waals surface area contributed by atoms with Crippen LogP contribution in [0.1, 0.15) is 5.56 Å². The molecule has 2 aromatic carbocycles. The van der Waals surface area contributed by atoms with Crippen molar-refractivity contribution in [1.82, 2.24) is 4.98 Å². The summed E-state index contributed by atoms with van der Waals surface area (Å²) in [6.07, 6.45) is 1.29. The Morgan fingerprint density at radius 2 is 2.03 bits per heavy atom. The second-order valence-corrected chi connectivity index (χ2v) is 6.82. The molecular weight excluding hydrogens is 424 g/mol. The highest BCUT2D eigenvalue weighted by Gasteiger charge is 2.19. The van der Waals surface area contributed by atoms with Crippen LogP contribution < -0.4 is 14.9 Å². The fourth-order valence-corrected chi connectivity index (χ4v) is 3.19. The van der Waals surface area contributed by atoms with Crippen LogP contribution in [-0.4, -0.2) is 42.9 Å². The third kappa shape index (κ3) is 5.54. The maximum Gasteiger partial charge on any atom is 0.343 e. The largest absolute Gasteiger partial charge is 0.493 e. The van der Waals surface area contributed by atoms with Gasteiger partial charge in [0.15, 0.2) is 18.1 Å². The van der Waals surface area contributed by atoms with Crippen molar-refractivity contribution < 1.29 is 23.9 Å². The first-order valence-corrected chi connectivity index (χ1v) is 9.76. The first-order valence-electron chi connectivity index (χ1n) is 8.88. The quantitative estimate of drug-likeness (QED) is 0.230. The van der Waals surface area contributed by atoms with Gasteiger partial charge in [-0.25, -0.2) is 9.78 Å². The highest BCUT2D eigenvalue weighted by Crippen LogP contribution is 2.34. The van der Waals surface area contributed by atoms with E-state index in [0.717, 1.165) is 11.3 Å². The van der Waals surface area contributed by atoms with Gasteiger partial charge in [-0.05, 0) is 6.07 Å². The second kappa shape index (κ2) is 10.2. The van der Waals surface area contributed by atoms with Gasteiger partial charge in [0.05, 0.1) is 42.7 Å². The Morgan fingerprint density at radius 3 is 2.71 bits per heavy atom. The lowest BCUT2D eigenvalue weighted by atomic mass is 10.1. The van der Waals surface area contributed by atoms with Crippen LogP contribution in [0.4, 0.5) is 10.8 Å². The Kier molecular flexibility index (Phi) is 7.12. The Morgan fingerprint density at radius 1 is 1.26 bits per heavy atom. The third-order valence-corrected chi connectivity index (χ3v) is 4.77. The molecule has 1 aromatic heterocycles. The van der Waals surface area contributed by atoms with E-state index in [1.165, 1.54) is 43.9 Å². The molecule has 0 radical (unpaired) electrons. The molecule has 10 nitrogen and oxygen atoms in total. The van der Waals surface area contributed by atoms with Crippen molar-refractivity contribution in [1.29, 1.82) is 0 Å². The summed E-state index contributed by atoms with van der Waals surface area (Å²) >= 11 is 1.35. The molecule has 0 saturated heterocycles. The van der Waals surface area contributed by atoms with Crippen LogP contribution >= 0.6 is 11.3 Å². The second-order valence-electron chi connectivity index (χ2n) is 5.96. The van der Waals surface area contributed by atoms with E-state index < -0.39 is 17.5 Å². The van der Waals surface area contributed by atoms with Crippen LogP contribution in [0.3, 0.4) is 0 Å². The average molecular weight is 442 g/mol. The third-order valence-electron chi connectivity index (χ3n) is 4.02. The van der Waals surface area contributed by atoms with Gasteiger partial charge in [0.25, 0.3) is 5.69 Å². The molecular formula is C20H18N4O6S. The molecule has 160 valence electrons. The fourth-order valence-electron chi connectivity index (χ4n) is 2.52. The molecule has 0 aliphatic heterocycles. The Balaban J connectivity index is 1.78. The number of carbonyl (C=O) groups is 1. The predicted octanol–water partition coefficient (Wildman–Crippen LogP) is 3.72. The number of carbonyl (C=O) groups excluding carboxylic acids is 1. The Hall–Kier alpha value is -3.99. The van der Waals surface area contributed by atoms with Gasteiger partial charge in [-0.3, -0.25) is 15.5 Å². The summed E-state index contributed by atoms with van der Waals surface area (Å²) < 4.78 is 15.0. The van der Waals surface area contributed by atoms with Gasteiger partial charge in [-0.2, -0.15) is 5.10 Å². The van der Waals surface area contributed by atoms with Crippen LogP contribution in [-0.2, 0) is 9.53 Å². The standard InChI is InChI=1S/C20H18N4O6S/c1-28-17-8-14(16(24(26)27)9-18(17)30-11-19(25)29-2)10-21-23-20-22-15(12-31-20)13-6-4-3-5-7-13/h3-10,12H,11H2,1-2H3,(H,22,23). The van der Waals surface area contributed by atoms with Gasteiger partial charge in [0.1, 0.15) is 0 Å². The molecule has 0 bridgehead atoms. The zero-order chi connectivity index (χ0) is 22.2.